The van der Waals surface area contributed by atoms with Crippen LogP contribution < -0.4 is 0 Å². The van der Waals surface area contributed by atoms with E-state index in [1.165, 1.54) is 0 Å². The Hall–Kier alpha value is -9.60. The molecular weight excluding hydrogens is 1840 g/mol. The minimum Gasteiger partial charge on any atom is -0.553 e. The summed E-state index contributed by atoms with van der Waals surface area (Å²) in [5.74, 6) is 0. The Bertz CT molecular complexity index is 4550. The molecule has 0 saturated carbocycles. The van der Waals surface area contributed by atoms with Crippen molar-refractivity contribution in [3.63, 3.8) is 0 Å². The van der Waals surface area contributed by atoms with Gasteiger partial charge in [0.2, 0.25) is 0 Å². The van der Waals surface area contributed by atoms with Crippen LogP contribution >= 0.6 is 0 Å². The molecule has 3 heterocycles. The van der Waals surface area contributed by atoms with Gasteiger partial charge >= 0.3 is 0 Å². The number of aliphatic hydroxyl groups excluding tert-OH is 3. The molecule has 3 N–H and O–H groups in total. The summed E-state index contributed by atoms with van der Waals surface area (Å²) in [5.41, 5.74) is 17.1. The van der Waals surface area contributed by atoms with E-state index in [0.29, 0.717) is 42.0 Å². The maximum absolute atomic E-state index is 8.75. The Labute approximate surface area is 659 Å². The molecule has 0 amide bonds. The van der Waals surface area contributed by atoms with E-state index in [4.69, 9.17) is 55.0 Å². The van der Waals surface area contributed by atoms with Crippen molar-refractivity contribution in [2.45, 2.75) is 97.4 Å². The van der Waals surface area contributed by atoms with E-state index >= 15 is 0 Å². The van der Waals surface area contributed by atoms with E-state index in [0.717, 1.165) is 95.6 Å². The van der Waals surface area contributed by atoms with Gasteiger partial charge in [-0.2, -0.15) is 0 Å². The van der Waals surface area contributed by atoms with E-state index in [1.54, 1.807) is 63.6 Å². The summed E-state index contributed by atoms with van der Waals surface area (Å²) in [7, 11) is 9.68. The fourth-order valence-corrected chi connectivity index (χ4v) is 10.1. The zero-order chi connectivity index (χ0) is 73.0. The van der Waals surface area contributed by atoms with E-state index in [2.05, 4.69) is 78.2 Å². The summed E-state index contributed by atoms with van der Waals surface area (Å²) in [6.07, 6.45) is 6.56. The fourth-order valence-electron chi connectivity index (χ4n) is 10.1. The monoisotopic (exact) mass is 1930 g/mol. The molecule has 543 valence electrons. The molecule has 12 rings (SSSR count). The largest absolute Gasteiger partial charge is 0.553 e. The van der Waals surface area contributed by atoms with Crippen LogP contribution in [0, 0.1) is 59.2 Å². The molecule has 15 nitrogen and oxygen atoms in total. The first-order chi connectivity index (χ1) is 49.6. The van der Waals surface area contributed by atoms with Crippen LogP contribution in [0.3, 0.4) is 0 Å². The number of hydrogen-bond donors (Lipinski definition) is 3. The minimum absolute atomic E-state index is 0. The summed E-state index contributed by atoms with van der Waals surface area (Å²) < 4.78 is 14.0. The Morgan fingerprint density at radius 3 is 1.02 bits per heavy atom. The van der Waals surface area contributed by atoms with Gasteiger partial charge in [0.1, 0.15) is 0 Å². The number of aromatic nitrogens is 6. The third kappa shape index (κ3) is 28.4. The van der Waals surface area contributed by atoms with Gasteiger partial charge in [-0.05, 0) is 94.7 Å². The molecule has 0 aliphatic rings. The van der Waals surface area contributed by atoms with Crippen molar-refractivity contribution in [3.05, 3.63) is 329 Å². The third-order valence-corrected chi connectivity index (χ3v) is 15.1. The van der Waals surface area contributed by atoms with Crippen LogP contribution in [0.25, 0.3) is 116 Å². The Morgan fingerprint density at radius 1 is 0.352 bits per heavy atom. The number of ether oxygens (including phenoxy) is 3. The fraction of sp³-hybridized carbons (Fsp3) is 0.172. The first-order valence-corrected chi connectivity index (χ1v) is 32.9. The molecule has 6 atom stereocenters. The van der Waals surface area contributed by atoms with Crippen LogP contribution in [-0.4, -0.2) is 81.8 Å². The minimum atomic E-state index is -0.285. The van der Waals surface area contributed by atoms with Gasteiger partial charge in [0.25, 0.3) is 0 Å². The number of benzene rings is 9. The maximum Gasteiger partial charge on any atom is 0.196 e. The molecule has 0 aliphatic heterocycles. The van der Waals surface area contributed by atoms with Gasteiger partial charge in [-0.1, -0.05) is 158 Å². The summed E-state index contributed by atoms with van der Waals surface area (Å²) >= 11 is 0. The average Bonchev–Trinajstić information content (AvgIpc) is 0.807. The molecule has 18 heteroatoms. The topological polar surface area (TPSA) is 179 Å². The van der Waals surface area contributed by atoms with E-state index in [1.807, 2.05) is 233 Å². The first kappa shape index (κ1) is 87.8. The first-order valence-electron chi connectivity index (χ1n) is 32.9. The van der Waals surface area contributed by atoms with Crippen molar-refractivity contribution in [1.29, 1.82) is 0 Å². The van der Waals surface area contributed by atoms with Crippen LogP contribution in [0.5, 0.6) is 0 Å². The van der Waals surface area contributed by atoms with Crippen molar-refractivity contribution in [2.75, 3.05) is 0 Å². The summed E-state index contributed by atoms with van der Waals surface area (Å²) in [5, 5.41) is 26.2. The van der Waals surface area contributed by atoms with E-state index < -0.39 is 0 Å². The zero-order valence-corrected chi connectivity index (χ0v) is 66.2. The molecule has 3 radical (unpaired) electrons. The van der Waals surface area contributed by atoms with Gasteiger partial charge in [-0.25, -0.2) is 35.9 Å². The molecular formula is C87H81Ir3N9O6-6. The van der Waals surface area contributed by atoms with Gasteiger partial charge in [-0.3, -0.25) is 15.0 Å². The third-order valence-electron chi connectivity index (χ3n) is 15.1. The molecule has 3 aromatic heterocycles. The number of hydrogen-bond acceptors (Lipinski definition) is 12. The average molecular weight is 1930 g/mol. The predicted molar refractivity (Wildman–Crippen MR) is 407 cm³/mol. The quantitative estimate of drug-likeness (QED) is 0.0694. The molecule has 105 heavy (non-hydrogen) atoms. The second kappa shape index (κ2) is 47.7. The van der Waals surface area contributed by atoms with Crippen molar-refractivity contribution >= 4 is 17.1 Å². The number of nitrogens with zero attached hydrogens (tertiary/aromatic N) is 9. The molecule has 0 spiro atoms. The second-order valence-electron chi connectivity index (χ2n) is 23.4. The Morgan fingerprint density at radius 2 is 0.686 bits per heavy atom. The summed E-state index contributed by atoms with van der Waals surface area (Å²) in [6.45, 7) is 32.5. The number of para-hydroxylation sites is 1. The van der Waals surface area contributed by atoms with Crippen LogP contribution in [0.2, 0.25) is 0 Å². The molecule has 0 saturated heterocycles. The smallest absolute Gasteiger partial charge is 0.196 e. The predicted octanol–water partition coefficient (Wildman–Crippen LogP) is 20.3. The van der Waals surface area contributed by atoms with Crippen LogP contribution in [0.1, 0.15) is 60.8 Å². The van der Waals surface area contributed by atoms with Crippen molar-refractivity contribution in [2.24, 2.45) is 0 Å². The maximum atomic E-state index is 8.75. The van der Waals surface area contributed by atoms with E-state index in [-0.39, 0.29) is 96.9 Å². The van der Waals surface area contributed by atoms with Gasteiger partial charge in [0.05, 0.1) is 72.2 Å². The number of aliphatic hydroxyl groups is 3. The molecule has 0 aliphatic carbocycles. The molecule has 12 aromatic rings. The molecule has 9 aromatic carbocycles. The van der Waals surface area contributed by atoms with E-state index in [9.17, 15) is 0 Å². The van der Waals surface area contributed by atoms with Crippen molar-refractivity contribution in [1.82, 2.24) is 29.9 Å². The Kier molecular flexibility index (Phi) is 39.9. The zero-order valence-electron chi connectivity index (χ0n) is 59.0. The van der Waals surface area contributed by atoms with Gasteiger partial charge in [0.15, 0.2) is 17.1 Å². The standard InChI is InChI=1S/3C23H14N3.3C6H13O2.3Ir/c1-24-20-15-9-8-14-19(20)21-16-25-22(17-10-4-2-5-11-17)23(26-21)18-12-6-3-7-13-18;1-24-20-14-8-13-19(15-20)21-16-25-22(17-9-4-2-5-10-17)23(26-21)18-11-6-3-7-12-18;1-24-20-14-12-17(13-15-20)21-16-25-22(18-8-4-2-5-9-18)23(26-21)19-10-6-3-7-11-19;3*1-5(7)4-6(2)8-3;;;/h2-10,12-16H;2-9,11-16H;2-8,10-16H;3*5-7H,3-4H2,1-2H3;;;/q6*-1;;;. The van der Waals surface area contributed by atoms with Crippen molar-refractivity contribution < 1.29 is 89.8 Å². The SMILES string of the molecule is [C-]#[N+]c1ccc(-c2cnc(-c3[c-]cccc3)c(-c3ccccc3)n2)cc1.[C-]#[N+]c1cccc(-c2cnc(-c3[c-]cccc3)c(-c3ccccc3)n2)c1.[C-]#[N+]c1ccccc1-c1cnc(-c2[c-]cccc2)c(-c2ccccc2)n1.[CH2-]OC(C)CC(C)O.[CH2-]OC(C)CC(C)O.[CH2-]OC(C)CC(C)O.[Ir].[Ir].[Ir]. The van der Waals surface area contributed by atoms with Gasteiger partial charge in [-0.15, -0.1) is 108 Å². The molecule has 0 bridgehead atoms. The second-order valence-corrected chi connectivity index (χ2v) is 23.4. The van der Waals surface area contributed by atoms with Crippen LogP contribution in [0.4, 0.5) is 17.1 Å². The molecule has 6 unspecified atom stereocenters. The van der Waals surface area contributed by atoms with Crippen LogP contribution in [-0.2, 0) is 74.5 Å². The summed E-state index contributed by atoms with van der Waals surface area (Å²) in [4.78, 5) is 39.2. The normalized spacial score (nSPS) is 11.7. The molecule has 0 fully saturated rings. The van der Waals surface area contributed by atoms with Gasteiger partial charge in [0, 0.05) is 120 Å². The van der Waals surface area contributed by atoms with Crippen LogP contribution in [0.15, 0.2) is 255 Å². The number of rotatable bonds is 18. The van der Waals surface area contributed by atoms with Gasteiger partial charge < -0.3 is 44.5 Å². The van der Waals surface area contributed by atoms with Crippen molar-refractivity contribution in [3.8, 4) is 101 Å². The Balaban J connectivity index is 0.000000285. The summed E-state index contributed by atoms with van der Waals surface area (Å²) in [6, 6.07) is 85.3.